The molecule has 1 aromatic heterocycles. The zero-order chi connectivity index (χ0) is 13.1. The van der Waals surface area contributed by atoms with Crippen molar-refractivity contribution in [1.82, 2.24) is 4.98 Å². The lowest BCUT2D eigenvalue weighted by Crippen LogP contribution is -2.14. The van der Waals surface area contributed by atoms with Crippen LogP contribution < -0.4 is 5.32 Å². The van der Waals surface area contributed by atoms with Crippen molar-refractivity contribution >= 4 is 27.7 Å². The fourth-order valence-corrected chi connectivity index (χ4v) is 1.66. The molecule has 92 valence electrons. The van der Waals surface area contributed by atoms with Gasteiger partial charge in [-0.1, -0.05) is 12.1 Å². The summed E-state index contributed by atoms with van der Waals surface area (Å²) >= 11 is 3.32. The first-order chi connectivity index (χ1) is 8.58. The van der Waals surface area contributed by atoms with Gasteiger partial charge in [-0.2, -0.15) is 0 Å². The molecule has 1 aromatic carbocycles. The number of aryl methyl sites for hydroxylation is 1. The Balaban J connectivity index is 2.22. The van der Waals surface area contributed by atoms with Crippen LogP contribution in [-0.4, -0.2) is 10.9 Å². The van der Waals surface area contributed by atoms with E-state index in [2.05, 4.69) is 26.2 Å². The second-order valence-electron chi connectivity index (χ2n) is 3.70. The highest BCUT2D eigenvalue weighted by molar-refractivity contribution is 9.10. The third kappa shape index (κ3) is 2.73. The average Bonchev–Trinajstić information content (AvgIpc) is 2.34. The highest BCUT2D eigenvalue weighted by Gasteiger charge is 2.11. The van der Waals surface area contributed by atoms with Gasteiger partial charge in [0.1, 0.15) is 11.6 Å². The van der Waals surface area contributed by atoms with Gasteiger partial charge < -0.3 is 5.32 Å². The summed E-state index contributed by atoms with van der Waals surface area (Å²) in [6.45, 7) is 1.81. The van der Waals surface area contributed by atoms with E-state index in [-0.39, 0.29) is 5.56 Å². The van der Waals surface area contributed by atoms with Gasteiger partial charge in [0.25, 0.3) is 5.91 Å². The minimum atomic E-state index is -0.552. The normalized spacial score (nSPS) is 10.2. The Labute approximate surface area is 112 Å². The number of carbonyl (C=O) groups is 1. The topological polar surface area (TPSA) is 42.0 Å². The number of hydrogen-bond acceptors (Lipinski definition) is 2. The van der Waals surface area contributed by atoms with E-state index in [1.54, 1.807) is 18.2 Å². The summed E-state index contributed by atoms with van der Waals surface area (Å²) in [5.41, 5.74) is 0.751. The van der Waals surface area contributed by atoms with Gasteiger partial charge in [0.05, 0.1) is 11.3 Å². The molecule has 18 heavy (non-hydrogen) atoms. The number of halogens is 2. The van der Waals surface area contributed by atoms with Crippen LogP contribution in [0.1, 0.15) is 16.1 Å². The van der Waals surface area contributed by atoms with Gasteiger partial charge >= 0.3 is 0 Å². The Bertz CT molecular complexity index is 601. The molecule has 0 unspecified atom stereocenters. The van der Waals surface area contributed by atoms with Gasteiger partial charge in [0.15, 0.2) is 0 Å². The molecule has 0 fully saturated rings. The van der Waals surface area contributed by atoms with Crippen LogP contribution in [0.5, 0.6) is 0 Å². The zero-order valence-corrected chi connectivity index (χ0v) is 11.2. The molecular weight excluding hydrogens is 299 g/mol. The van der Waals surface area contributed by atoms with Crippen molar-refractivity contribution < 1.29 is 9.18 Å². The van der Waals surface area contributed by atoms with E-state index >= 15 is 0 Å². The third-order valence-corrected chi connectivity index (χ3v) is 3.22. The first-order valence-electron chi connectivity index (χ1n) is 5.27. The minimum Gasteiger partial charge on any atom is -0.306 e. The van der Waals surface area contributed by atoms with Gasteiger partial charge in [-0.15, -0.1) is 0 Å². The van der Waals surface area contributed by atoms with Gasteiger partial charge in [0.2, 0.25) is 0 Å². The van der Waals surface area contributed by atoms with Crippen molar-refractivity contribution in [2.45, 2.75) is 6.92 Å². The monoisotopic (exact) mass is 308 g/mol. The lowest BCUT2D eigenvalue weighted by atomic mass is 10.2. The van der Waals surface area contributed by atoms with Crippen molar-refractivity contribution in [3.63, 3.8) is 0 Å². The van der Waals surface area contributed by atoms with E-state index in [0.717, 1.165) is 10.2 Å². The summed E-state index contributed by atoms with van der Waals surface area (Å²) in [4.78, 5) is 16.0. The Kier molecular flexibility index (Phi) is 3.72. The Morgan fingerprint density at radius 2 is 2.00 bits per heavy atom. The van der Waals surface area contributed by atoms with Crippen LogP contribution in [0.25, 0.3) is 0 Å². The fraction of sp³-hybridized carbons (Fsp3) is 0.0769. The van der Waals surface area contributed by atoms with E-state index in [4.69, 9.17) is 0 Å². The number of hydrogen-bond donors (Lipinski definition) is 1. The van der Waals surface area contributed by atoms with Crippen LogP contribution in [-0.2, 0) is 0 Å². The van der Waals surface area contributed by atoms with Crippen LogP contribution >= 0.6 is 15.9 Å². The van der Waals surface area contributed by atoms with Gasteiger partial charge in [0, 0.05) is 4.47 Å². The van der Waals surface area contributed by atoms with Crippen molar-refractivity contribution in [1.29, 1.82) is 0 Å². The molecule has 1 N–H and O–H groups in total. The molecule has 0 saturated carbocycles. The van der Waals surface area contributed by atoms with Crippen LogP contribution in [0.15, 0.2) is 40.9 Å². The summed E-state index contributed by atoms with van der Waals surface area (Å²) in [5.74, 6) is -0.671. The highest BCUT2D eigenvalue weighted by Crippen LogP contribution is 2.17. The molecule has 0 bridgehead atoms. The molecule has 0 aliphatic heterocycles. The molecule has 0 aliphatic carbocycles. The van der Waals surface area contributed by atoms with E-state index in [1.165, 1.54) is 18.2 Å². The largest absolute Gasteiger partial charge is 0.306 e. The minimum absolute atomic E-state index is 0.000119. The number of amides is 1. The molecule has 2 aromatic rings. The van der Waals surface area contributed by atoms with Gasteiger partial charge in [-0.25, -0.2) is 9.37 Å². The van der Waals surface area contributed by atoms with Crippen molar-refractivity contribution in [2.75, 3.05) is 5.32 Å². The van der Waals surface area contributed by atoms with Gasteiger partial charge in [-0.05, 0) is 47.1 Å². The number of benzene rings is 1. The quantitative estimate of drug-likeness (QED) is 0.922. The second kappa shape index (κ2) is 5.27. The fourth-order valence-electron chi connectivity index (χ4n) is 1.44. The molecule has 1 amide bonds. The summed E-state index contributed by atoms with van der Waals surface area (Å²) in [6, 6.07) is 9.24. The van der Waals surface area contributed by atoms with E-state index in [9.17, 15) is 9.18 Å². The molecule has 3 nitrogen and oxygen atoms in total. The Morgan fingerprint density at radius 3 is 2.67 bits per heavy atom. The summed E-state index contributed by atoms with van der Waals surface area (Å²) in [6.07, 6.45) is 0. The number of rotatable bonds is 2. The maximum Gasteiger partial charge on any atom is 0.259 e. The lowest BCUT2D eigenvalue weighted by Gasteiger charge is -2.06. The SMILES string of the molecule is Cc1nc(NC(=O)c2ccccc2F)ccc1Br. The summed E-state index contributed by atoms with van der Waals surface area (Å²) < 4.78 is 14.3. The summed E-state index contributed by atoms with van der Waals surface area (Å²) in [5, 5.41) is 2.56. The van der Waals surface area contributed by atoms with Crippen LogP contribution in [0.2, 0.25) is 0 Å². The van der Waals surface area contributed by atoms with E-state index in [1.807, 2.05) is 6.92 Å². The highest BCUT2D eigenvalue weighted by atomic mass is 79.9. The molecule has 0 radical (unpaired) electrons. The molecular formula is C13H10BrFN2O. The first kappa shape index (κ1) is 12.7. The number of aromatic nitrogens is 1. The molecule has 5 heteroatoms. The number of carbonyl (C=O) groups excluding carboxylic acids is 1. The first-order valence-corrected chi connectivity index (χ1v) is 6.06. The Hall–Kier alpha value is -1.75. The van der Waals surface area contributed by atoms with E-state index in [0.29, 0.717) is 5.82 Å². The van der Waals surface area contributed by atoms with Crippen LogP contribution in [0.3, 0.4) is 0 Å². The van der Waals surface area contributed by atoms with Crippen molar-refractivity contribution in [2.24, 2.45) is 0 Å². The van der Waals surface area contributed by atoms with Crippen LogP contribution in [0.4, 0.5) is 10.2 Å². The zero-order valence-electron chi connectivity index (χ0n) is 9.58. The number of pyridine rings is 1. The number of nitrogens with one attached hydrogen (secondary N) is 1. The van der Waals surface area contributed by atoms with Gasteiger partial charge in [-0.3, -0.25) is 4.79 Å². The predicted octanol–water partition coefficient (Wildman–Crippen LogP) is 3.54. The standard InChI is InChI=1S/C13H10BrFN2O/c1-8-10(14)6-7-12(16-8)17-13(18)9-4-2-3-5-11(9)15/h2-7H,1H3,(H,16,17,18). The predicted molar refractivity (Wildman–Crippen MR) is 71.0 cm³/mol. The third-order valence-electron chi connectivity index (χ3n) is 2.38. The average molecular weight is 309 g/mol. The van der Waals surface area contributed by atoms with Crippen LogP contribution in [0, 0.1) is 12.7 Å². The molecule has 0 aliphatic rings. The molecule has 2 rings (SSSR count). The maximum absolute atomic E-state index is 13.4. The lowest BCUT2D eigenvalue weighted by molar-refractivity contribution is 0.102. The number of anilines is 1. The van der Waals surface area contributed by atoms with Crippen molar-refractivity contribution in [3.8, 4) is 0 Å². The molecule has 0 atom stereocenters. The molecule has 1 heterocycles. The maximum atomic E-state index is 13.4. The van der Waals surface area contributed by atoms with Crippen molar-refractivity contribution in [3.05, 3.63) is 57.9 Å². The molecule has 0 spiro atoms. The number of nitrogens with zero attached hydrogens (tertiary/aromatic N) is 1. The summed E-state index contributed by atoms with van der Waals surface area (Å²) in [7, 11) is 0. The Morgan fingerprint density at radius 1 is 1.28 bits per heavy atom. The van der Waals surface area contributed by atoms with E-state index < -0.39 is 11.7 Å². The molecule has 0 saturated heterocycles. The second-order valence-corrected chi connectivity index (χ2v) is 4.55. The smallest absolute Gasteiger partial charge is 0.259 e.